The Bertz CT molecular complexity index is 915. The van der Waals surface area contributed by atoms with E-state index in [0.717, 1.165) is 41.8 Å². The van der Waals surface area contributed by atoms with Crippen molar-refractivity contribution in [2.75, 3.05) is 6.54 Å². The Morgan fingerprint density at radius 2 is 1.96 bits per heavy atom. The maximum Gasteiger partial charge on any atom is 0.195 e. The van der Waals surface area contributed by atoms with Gasteiger partial charge in [-0.3, -0.25) is 9.69 Å². The molecule has 0 fully saturated rings. The third kappa shape index (κ3) is 2.45. The highest BCUT2D eigenvalue weighted by Gasteiger charge is 2.23. The Hall–Kier alpha value is -2.46. The average Bonchev–Trinajstić information content (AvgIpc) is 2.60. The molecule has 0 saturated carbocycles. The Kier molecular flexibility index (Phi) is 3.46. The molecule has 0 spiro atoms. The first-order valence-electron chi connectivity index (χ1n) is 7.96. The van der Waals surface area contributed by atoms with E-state index in [9.17, 15) is 4.79 Å². The summed E-state index contributed by atoms with van der Waals surface area (Å²) in [6, 6.07) is 14.1. The van der Waals surface area contributed by atoms with Crippen molar-refractivity contribution in [2.24, 2.45) is 7.05 Å². The number of aromatic nitrogens is 2. The van der Waals surface area contributed by atoms with Gasteiger partial charge in [-0.15, -0.1) is 0 Å². The molecule has 0 saturated heterocycles. The van der Waals surface area contributed by atoms with E-state index >= 15 is 0 Å². The molecule has 1 aliphatic heterocycles. The van der Waals surface area contributed by atoms with Gasteiger partial charge in [0.1, 0.15) is 5.65 Å². The normalized spacial score (nSPS) is 14.8. The lowest BCUT2D eigenvalue weighted by Crippen LogP contribution is -2.36. The molecule has 23 heavy (non-hydrogen) atoms. The lowest BCUT2D eigenvalue weighted by Gasteiger charge is -2.30. The minimum absolute atomic E-state index is 0.138. The Morgan fingerprint density at radius 1 is 1.13 bits per heavy atom. The van der Waals surface area contributed by atoms with Gasteiger partial charge < -0.3 is 4.57 Å². The van der Waals surface area contributed by atoms with Crippen LogP contribution in [0.25, 0.3) is 11.0 Å². The van der Waals surface area contributed by atoms with Gasteiger partial charge in [-0.2, -0.15) is 0 Å². The number of benzene rings is 1. The van der Waals surface area contributed by atoms with Crippen molar-refractivity contribution in [3.8, 4) is 0 Å². The Labute approximate surface area is 135 Å². The molecule has 0 radical (unpaired) electrons. The molecule has 3 heterocycles. The molecule has 0 aliphatic carbocycles. The monoisotopic (exact) mass is 305 g/mol. The zero-order valence-corrected chi connectivity index (χ0v) is 13.2. The second-order valence-corrected chi connectivity index (χ2v) is 6.13. The van der Waals surface area contributed by atoms with Gasteiger partial charge in [-0.05, 0) is 17.7 Å². The van der Waals surface area contributed by atoms with Crippen LogP contribution in [0.3, 0.4) is 0 Å². The topological polar surface area (TPSA) is 38.1 Å². The highest BCUT2D eigenvalue weighted by atomic mass is 16.1. The quantitative estimate of drug-likeness (QED) is 0.730. The van der Waals surface area contributed by atoms with Crippen molar-refractivity contribution in [1.82, 2.24) is 14.5 Å². The van der Waals surface area contributed by atoms with Crippen LogP contribution in [0.5, 0.6) is 0 Å². The largest absolute Gasteiger partial charge is 0.332 e. The van der Waals surface area contributed by atoms with Gasteiger partial charge in [0.15, 0.2) is 5.43 Å². The first-order valence-corrected chi connectivity index (χ1v) is 7.96. The molecule has 4 heteroatoms. The van der Waals surface area contributed by atoms with Crippen LogP contribution in [0.4, 0.5) is 0 Å². The third-order valence-corrected chi connectivity index (χ3v) is 4.67. The fourth-order valence-electron chi connectivity index (χ4n) is 3.49. The number of hydrogen-bond acceptors (Lipinski definition) is 3. The van der Waals surface area contributed by atoms with Crippen molar-refractivity contribution >= 4 is 11.0 Å². The molecule has 2 aromatic heterocycles. The van der Waals surface area contributed by atoms with Crippen LogP contribution in [0.1, 0.15) is 16.8 Å². The van der Waals surface area contributed by atoms with E-state index in [1.165, 1.54) is 5.56 Å². The van der Waals surface area contributed by atoms with Crippen LogP contribution in [-0.4, -0.2) is 21.0 Å². The second-order valence-electron chi connectivity index (χ2n) is 6.13. The summed E-state index contributed by atoms with van der Waals surface area (Å²) in [5.41, 5.74) is 4.27. The molecule has 4 rings (SSSR count). The lowest BCUT2D eigenvalue weighted by molar-refractivity contribution is 0.241. The molecular weight excluding hydrogens is 286 g/mol. The van der Waals surface area contributed by atoms with Crippen molar-refractivity contribution in [1.29, 1.82) is 0 Å². The van der Waals surface area contributed by atoms with Crippen LogP contribution in [0.15, 0.2) is 53.5 Å². The summed E-state index contributed by atoms with van der Waals surface area (Å²) in [4.78, 5) is 19.6. The Balaban J connectivity index is 1.73. The van der Waals surface area contributed by atoms with Crippen molar-refractivity contribution in [3.63, 3.8) is 0 Å². The van der Waals surface area contributed by atoms with E-state index < -0.39 is 0 Å². The molecule has 116 valence electrons. The molecule has 0 unspecified atom stereocenters. The SMILES string of the molecule is Cn1c2c(c(=O)c3cccnc31)CN(Cc1ccccc1)CC2. The average molecular weight is 305 g/mol. The fourth-order valence-corrected chi connectivity index (χ4v) is 3.49. The van der Waals surface area contributed by atoms with Gasteiger partial charge in [-0.25, -0.2) is 4.98 Å². The van der Waals surface area contributed by atoms with E-state index in [2.05, 4.69) is 38.7 Å². The van der Waals surface area contributed by atoms with Gasteiger partial charge in [0.05, 0.1) is 5.39 Å². The standard InChI is InChI=1S/C19H19N3O/c1-21-17-9-11-22(12-14-6-3-2-4-7-14)13-16(17)18(23)15-8-5-10-20-19(15)21/h2-8,10H,9,11-13H2,1H3. The molecule has 4 nitrogen and oxygen atoms in total. The zero-order valence-electron chi connectivity index (χ0n) is 13.2. The first kappa shape index (κ1) is 14.2. The summed E-state index contributed by atoms with van der Waals surface area (Å²) in [5, 5.41) is 0.718. The van der Waals surface area contributed by atoms with E-state index in [4.69, 9.17) is 0 Å². The number of hydrogen-bond donors (Lipinski definition) is 0. The molecule has 0 N–H and O–H groups in total. The van der Waals surface area contributed by atoms with Crippen LogP contribution >= 0.6 is 0 Å². The minimum Gasteiger partial charge on any atom is -0.332 e. The summed E-state index contributed by atoms with van der Waals surface area (Å²) in [6.45, 7) is 2.56. The maximum absolute atomic E-state index is 12.8. The summed E-state index contributed by atoms with van der Waals surface area (Å²) in [5.74, 6) is 0. The van der Waals surface area contributed by atoms with Crippen molar-refractivity contribution in [3.05, 3.63) is 75.7 Å². The number of fused-ring (bicyclic) bond motifs is 2. The lowest BCUT2D eigenvalue weighted by atomic mass is 10.0. The van der Waals surface area contributed by atoms with E-state index in [1.54, 1.807) is 6.20 Å². The minimum atomic E-state index is 0.138. The summed E-state index contributed by atoms with van der Waals surface area (Å²) < 4.78 is 2.09. The summed E-state index contributed by atoms with van der Waals surface area (Å²) in [6.07, 6.45) is 2.64. The maximum atomic E-state index is 12.8. The number of aryl methyl sites for hydroxylation is 1. The van der Waals surface area contributed by atoms with Gasteiger partial charge in [-0.1, -0.05) is 30.3 Å². The van der Waals surface area contributed by atoms with E-state index in [0.29, 0.717) is 6.54 Å². The molecule has 1 aliphatic rings. The molecule has 0 amide bonds. The number of rotatable bonds is 2. The van der Waals surface area contributed by atoms with Gasteiger partial charge >= 0.3 is 0 Å². The molecular formula is C19H19N3O. The first-order chi connectivity index (χ1) is 11.2. The number of nitrogens with zero attached hydrogens (tertiary/aromatic N) is 3. The highest BCUT2D eigenvalue weighted by Crippen LogP contribution is 2.21. The van der Waals surface area contributed by atoms with Gasteiger partial charge in [0.2, 0.25) is 0 Å². The molecule has 1 aromatic carbocycles. The second kappa shape index (κ2) is 5.63. The Morgan fingerprint density at radius 3 is 2.78 bits per heavy atom. The van der Waals surface area contributed by atoms with Crippen LogP contribution < -0.4 is 5.43 Å². The zero-order chi connectivity index (χ0) is 15.8. The summed E-state index contributed by atoms with van der Waals surface area (Å²) >= 11 is 0. The summed E-state index contributed by atoms with van der Waals surface area (Å²) in [7, 11) is 2.01. The highest BCUT2D eigenvalue weighted by molar-refractivity contribution is 5.76. The van der Waals surface area contributed by atoms with Gasteiger partial charge in [0.25, 0.3) is 0 Å². The predicted molar refractivity (Wildman–Crippen MR) is 91.2 cm³/mol. The van der Waals surface area contributed by atoms with E-state index in [-0.39, 0.29) is 5.43 Å². The fraction of sp³-hybridized carbons (Fsp3) is 0.263. The molecule has 0 atom stereocenters. The third-order valence-electron chi connectivity index (χ3n) is 4.67. The number of pyridine rings is 2. The van der Waals surface area contributed by atoms with Gasteiger partial charge in [0, 0.05) is 50.6 Å². The van der Waals surface area contributed by atoms with E-state index in [1.807, 2.05) is 25.2 Å². The van der Waals surface area contributed by atoms with Crippen LogP contribution in [0.2, 0.25) is 0 Å². The van der Waals surface area contributed by atoms with Crippen molar-refractivity contribution in [2.45, 2.75) is 19.5 Å². The predicted octanol–water partition coefficient (Wildman–Crippen LogP) is 2.49. The smallest absolute Gasteiger partial charge is 0.195 e. The molecule has 0 bridgehead atoms. The van der Waals surface area contributed by atoms with Crippen LogP contribution in [-0.2, 0) is 26.6 Å². The van der Waals surface area contributed by atoms with Crippen LogP contribution in [0, 0.1) is 0 Å². The molecule has 3 aromatic rings. The van der Waals surface area contributed by atoms with Crippen molar-refractivity contribution < 1.29 is 0 Å².